The molecule has 19 heavy (non-hydrogen) atoms. The van der Waals surface area contributed by atoms with E-state index in [1.807, 2.05) is 0 Å². The summed E-state index contributed by atoms with van der Waals surface area (Å²) in [6, 6.07) is 2.30. The zero-order chi connectivity index (χ0) is 14.6. The van der Waals surface area contributed by atoms with Crippen molar-refractivity contribution < 1.29 is 17.6 Å². The fraction of sp³-hybridized carbons (Fsp3) is 0.250. The quantitative estimate of drug-likeness (QED) is 0.626. The number of benzene rings is 1. The lowest BCUT2D eigenvalue weighted by Crippen LogP contribution is -2.35. The summed E-state index contributed by atoms with van der Waals surface area (Å²) in [4.78, 5) is 11.5. The molecule has 1 amide bonds. The Labute approximate surface area is 111 Å². The van der Waals surface area contributed by atoms with Crippen LogP contribution in [0.3, 0.4) is 0 Å². The van der Waals surface area contributed by atoms with Gasteiger partial charge in [-0.05, 0) is 24.6 Å². The van der Waals surface area contributed by atoms with E-state index in [1.165, 1.54) is 6.08 Å². The predicted molar refractivity (Wildman–Crippen MR) is 70.9 cm³/mol. The molecule has 0 aliphatic carbocycles. The van der Waals surface area contributed by atoms with Gasteiger partial charge in [0, 0.05) is 6.26 Å². The van der Waals surface area contributed by atoms with Crippen LogP contribution in [0.25, 0.3) is 0 Å². The van der Waals surface area contributed by atoms with Crippen LogP contribution in [0.2, 0.25) is 0 Å². The van der Waals surface area contributed by atoms with Crippen LogP contribution in [0.5, 0.6) is 0 Å². The van der Waals surface area contributed by atoms with E-state index < -0.39 is 27.6 Å². The van der Waals surface area contributed by atoms with Gasteiger partial charge in [-0.3, -0.25) is 4.79 Å². The summed E-state index contributed by atoms with van der Waals surface area (Å²) in [7, 11) is -3.47. The van der Waals surface area contributed by atoms with Crippen molar-refractivity contribution >= 4 is 21.4 Å². The highest BCUT2D eigenvalue weighted by Gasteiger charge is 2.16. The smallest absolute Gasteiger partial charge is 0.241 e. The van der Waals surface area contributed by atoms with Gasteiger partial charge in [0.25, 0.3) is 0 Å². The number of hydrogen-bond donors (Lipinski definition) is 2. The molecule has 0 radical (unpaired) electrons. The number of rotatable bonds is 5. The molecule has 0 fully saturated rings. The normalized spacial score (nSPS) is 12.8. The first-order valence-electron chi connectivity index (χ1n) is 5.42. The molecule has 7 heteroatoms. The molecule has 104 valence electrons. The third-order valence-corrected chi connectivity index (χ3v) is 3.49. The summed E-state index contributed by atoms with van der Waals surface area (Å²) in [6.45, 7) is 3.44. The minimum Gasteiger partial charge on any atom is -0.322 e. The van der Waals surface area contributed by atoms with Gasteiger partial charge in [0.1, 0.15) is 5.82 Å². The first-order valence-corrected chi connectivity index (χ1v) is 7.32. The monoisotopic (exact) mass is 286 g/mol. The molecule has 0 saturated carbocycles. The summed E-state index contributed by atoms with van der Waals surface area (Å²) in [5.74, 6) is -1.34. The van der Waals surface area contributed by atoms with E-state index in [0.29, 0.717) is 0 Å². The van der Waals surface area contributed by atoms with Gasteiger partial charge in [0.15, 0.2) is 9.84 Å². The van der Waals surface area contributed by atoms with Gasteiger partial charge in [-0.2, -0.15) is 0 Å². The van der Waals surface area contributed by atoms with Crippen LogP contribution < -0.4 is 11.1 Å². The van der Waals surface area contributed by atoms with E-state index >= 15 is 0 Å². The number of amides is 1. The van der Waals surface area contributed by atoms with Crippen molar-refractivity contribution in [2.75, 3.05) is 11.6 Å². The summed E-state index contributed by atoms with van der Waals surface area (Å²) in [5.41, 5.74) is 5.31. The van der Waals surface area contributed by atoms with E-state index in [4.69, 9.17) is 5.73 Å². The van der Waals surface area contributed by atoms with Crippen LogP contribution in [0.4, 0.5) is 10.1 Å². The fourth-order valence-corrected chi connectivity index (χ4v) is 1.99. The summed E-state index contributed by atoms with van der Waals surface area (Å²) < 4.78 is 36.2. The minimum atomic E-state index is -3.47. The van der Waals surface area contributed by atoms with Crippen LogP contribution >= 0.6 is 0 Å². The van der Waals surface area contributed by atoms with E-state index in [1.54, 1.807) is 0 Å². The second-order valence-corrected chi connectivity index (χ2v) is 6.05. The summed E-state index contributed by atoms with van der Waals surface area (Å²) in [5, 5.41) is 2.26. The lowest BCUT2D eigenvalue weighted by Gasteiger charge is -2.11. The average Bonchev–Trinajstić information content (AvgIpc) is 2.30. The molecule has 0 aromatic heterocycles. The maximum absolute atomic E-state index is 13.5. The predicted octanol–water partition coefficient (Wildman–Crippen LogP) is 1.07. The number of nitrogens with one attached hydrogen (secondary N) is 1. The summed E-state index contributed by atoms with van der Waals surface area (Å²) >= 11 is 0. The molecule has 0 aliphatic rings. The second-order valence-electron chi connectivity index (χ2n) is 4.03. The van der Waals surface area contributed by atoms with Crippen molar-refractivity contribution in [1.82, 2.24) is 0 Å². The molecule has 1 rings (SSSR count). The fourth-order valence-electron chi connectivity index (χ4n) is 1.34. The Bertz CT molecular complexity index is 599. The van der Waals surface area contributed by atoms with Crippen LogP contribution in [0.15, 0.2) is 35.7 Å². The van der Waals surface area contributed by atoms with E-state index in [-0.39, 0.29) is 17.0 Å². The van der Waals surface area contributed by atoms with Gasteiger partial charge in [-0.15, -0.1) is 6.58 Å². The van der Waals surface area contributed by atoms with Crippen molar-refractivity contribution in [3.8, 4) is 0 Å². The number of halogens is 1. The Morgan fingerprint density at radius 2 is 2.21 bits per heavy atom. The molecule has 1 aromatic rings. The van der Waals surface area contributed by atoms with Crippen molar-refractivity contribution in [2.24, 2.45) is 5.73 Å². The third-order valence-electron chi connectivity index (χ3n) is 2.38. The van der Waals surface area contributed by atoms with Crippen LogP contribution in [-0.4, -0.2) is 26.6 Å². The topological polar surface area (TPSA) is 89.3 Å². The average molecular weight is 286 g/mol. The summed E-state index contributed by atoms with van der Waals surface area (Å²) in [6.07, 6.45) is 2.70. The van der Waals surface area contributed by atoms with Crippen LogP contribution in [-0.2, 0) is 14.6 Å². The first-order chi connectivity index (χ1) is 8.75. The number of sulfone groups is 1. The molecule has 1 atom stereocenters. The lowest BCUT2D eigenvalue weighted by molar-refractivity contribution is -0.117. The number of anilines is 1. The molecule has 0 heterocycles. The van der Waals surface area contributed by atoms with Gasteiger partial charge < -0.3 is 11.1 Å². The van der Waals surface area contributed by atoms with Crippen LogP contribution in [0.1, 0.15) is 6.42 Å². The largest absolute Gasteiger partial charge is 0.322 e. The minimum absolute atomic E-state index is 0.0820. The molecule has 5 nitrogen and oxygen atoms in total. The molecule has 3 N–H and O–H groups in total. The number of nitrogens with two attached hydrogens (primary N) is 1. The molecular weight excluding hydrogens is 271 g/mol. The van der Waals surface area contributed by atoms with Gasteiger partial charge in [-0.1, -0.05) is 6.08 Å². The standard InChI is InChI=1S/C12H15FN2O3S/c1-3-4-10(14)12(16)15-11-7-8(19(2,17)18)5-6-9(11)13/h3,5-7,10H,1,4,14H2,2H3,(H,15,16). The van der Waals surface area contributed by atoms with Crippen molar-refractivity contribution in [2.45, 2.75) is 17.4 Å². The van der Waals surface area contributed by atoms with Crippen molar-refractivity contribution in [3.05, 3.63) is 36.7 Å². The number of carbonyl (C=O) groups excluding carboxylic acids is 1. The van der Waals surface area contributed by atoms with Gasteiger partial charge in [0.2, 0.25) is 5.91 Å². The Hall–Kier alpha value is -1.73. The molecule has 0 spiro atoms. The van der Waals surface area contributed by atoms with Crippen LogP contribution in [0, 0.1) is 5.82 Å². The highest BCUT2D eigenvalue weighted by molar-refractivity contribution is 7.90. The Balaban J connectivity index is 3.01. The van der Waals surface area contributed by atoms with Crippen molar-refractivity contribution in [3.63, 3.8) is 0 Å². The molecule has 0 aliphatic heterocycles. The van der Waals surface area contributed by atoms with E-state index in [9.17, 15) is 17.6 Å². The third kappa shape index (κ3) is 4.15. The highest BCUT2D eigenvalue weighted by atomic mass is 32.2. The lowest BCUT2D eigenvalue weighted by atomic mass is 10.2. The van der Waals surface area contributed by atoms with E-state index in [2.05, 4.69) is 11.9 Å². The molecule has 0 saturated heterocycles. The zero-order valence-corrected chi connectivity index (χ0v) is 11.2. The maximum atomic E-state index is 13.5. The van der Waals surface area contributed by atoms with Gasteiger partial charge in [0.05, 0.1) is 16.6 Å². The second kappa shape index (κ2) is 5.94. The number of hydrogen-bond acceptors (Lipinski definition) is 4. The first kappa shape index (κ1) is 15.3. The van der Waals surface area contributed by atoms with E-state index in [0.717, 1.165) is 24.5 Å². The maximum Gasteiger partial charge on any atom is 0.241 e. The highest BCUT2D eigenvalue weighted by Crippen LogP contribution is 2.19. The van der Waals surface area contributed by atoms with Gasteiger partial charge in [-0.25, -0.2) is 12.8 Å². The van der Waals surface area contributed by atoms with Crippen molar-refractivity contribution in [1.29, 1.82) is 0 Å². The zero-order valence-electron chi connectivity index (χ0n) is 10.4. The Morgan fingerprint density at radius 1 is 1.58 bits per heavy atom. The Morgan fingerprint density at radius 3 is 2.74 bits per heavy atom. The Kier molecular flexibility index (Phi) is 4.79. The molecule has 1 aromatic carbocycles. The molecule has 1 unspecified atom stereocenters. The molecular formula is C12H15FN2O3S. The number of carbonyl (C=O) groups is 1. The SMILES string of the molecule is C=CCC(N)C(=O)Nc1cc(S(C)(=O)=O)ccc1F. The molecule has 0 bridgehead atoms. The van der Waals surface area contributed by atoms with Gasteiger partial charge >= 0.3 is 0 Å².